The Balaban J connectivity index is 1.92. The normalized spacial score (nSPS) is 15.0. The van der Waals surface area contributed by atoms with Crippen LogP contribution in [-0.2, 0) is 26.2 Å². The number of halogens is 1. The Morgan fingerprint density at radius 3 is 2.43 bits per heavy atom. The molecule has 0 aromatic heterocycles. The Hall–Kier alpha value is -3.14. The molecule has 3 rings (SSSR count). The first kappa shape index (κ1) is 28.4. The minimum atomic E-state index is -3.92. The van der Waals surface area contributed by atoms with Crippen LogP contribution in [0.15, 0.2) is 48.5 Å². The van der Waals surface area contributed by atoms with Gasteiger partial charge in [-0.1, -0.05) is 44.4 Å². The van der Waals surface area contributed by atoms with Crippen molar-refractivity contribution in [1.29, 1.82) is 0 Å². The van der Waals surface area contributed by atoms with Crippen molar-refractivity contribution in [3.8, 4) is 5.75 Å². The number of methoxy groups -OCH3 is 1. The van der Waals surface area contributed by atoms with Crippen LogP contribution in [-0.4, -0.2) is 57.1 Å². The lowest BCUT2D eigenvalue weighted by atomic mass is 9.95. The lowest BCUT2D eigenvalue weighted by Crippen LogP contribution is -2.53. The quantitative estimate of drug-likeness (QED) is 0.473. The van der Waals surface area contributed by atoms with Crippen LogP contribution in [0.5, 0.6) is 5.75 Å². The number of nitrogens with zero attached hydrogens (tertiary/aromatic N) is 2. The lowest BCUT2D eigenvalue weighted by molar-refractivity contribution is -0.140. The first-order valence-corrected chi connectivity index (χ1v) is 14.4. The first-order chi connectivity index (χ1) is 17.6. The molecule has 1 aliphatic carbocycles. The zero-order valence-corrected chi connectivity index (χ0v) is 22.5. The number of hydrogen-bond acceptors (Lipinski definition) is 5. The zero-order chi connectivity index (χ0) is 27.0. The molecule has 0 heterocycles. The van der Waals surface area contributed by atoms with E-state index < -0.39 is 34.3 Å². The van der Waals surface area contributed by atoms with Crippen LogP contribution in [0.4, 0.5) is 10.1 Å². The van der Waals surface area contributed by atoms with Crippen molar-refractivity contribution >= 4 is 27.5 Å². The summed E-state index contributed by atoms with van der Waals surface area (Å²) in [7, 11) is -2.38. The van der Waals surface area contributed by atoms with Crippen molar-refractivity contribution in [3.05, 3.63) is 59.9 Å². The van der Waals surface area contributed by atoms with Crippen molar-refractivity contribution in [2.45, 2.75) is 64.1 Å². The average Bonchev–Trinajstić information content (AvgIpc) is 2.87. The molecule has 1 N–H and O–H groups in total. The van der Waals surface area contributed by atoms with Gasteiger partial charge in [-0.25, -0.2) is 12.8 Å². The van der Waals surface area contributed by atoms with Gasteiger partial charge in [-0.15, -0.1) is 0 Å². The van der Waals surface area contributed by atoms with Gasteiger partial charge in [0.1, 0.15) is 24.2 Å². The minimum absolute atomic E-state index is 0.0388. The van der Waals surface area contributed by atoms with Crippen LogP contribution < -0.4 is 14.4 Å². The van der Waals surface area contributed by atoms with E-state index in [-0.39, 0.29) is 24.2 Å². The number of benzene rings is 2. The summed E-state index contributed by atoms with van der Waals surface area (Å²) >= 11 is 0. The van der Waals surface area contributed by atoms with Gasteiger partial charge < -0.3 is 15.0 Å². The molecule has 0 unspecified atom stereocenters. The predicted octanol–water partition coefficient (Wildman–Crippen LogP) is 3.86. The summed E-state index contributed by atoms with van der Waals surface area (Å²) in [6.07, 6.45) is 6.33. The highest BCUT2D eigenvalue weighted by Gasteiger charge is 2.33. The molecule has 1 fully saturated rings. The highest BCUT2D eigenvalue weighted by Crippen LogP contribution is 2.23. The molecule has 2 aromatic rings. The number of hydrogen-bond donors (Lipinski definition) is 1. The van der Waals surface area contributed by atoms with Gasteiger partial charge in [0.05, 0.1) is 19.1 Å². The molecule has 1 atom stereocenters. The number of anilines is 1. The Morgan fingerprint density at radius 1 is 1.11 bits per heavy atom. The molecule has 0 saturated heterocycles. The number of nitrogens with one attached hydrogen (secondary N) is 1. The molecule has 1 saturated carbocycles. The number of ether oxygens (including phenoxy) is 1. The molecule has 0 radical (unpaired) electrons. The Labute approximate surface area is 218 Å². The fraction of sp³-hybridized carbons (Fsp3) is 0.481. The highest BCUT2D eigenvalue weighted by molar-refractivity contribution is 7.92. The maximum absolute atomic E-state index is 13.9. The van der Waals surface area contributed by atoms with E-state index in [1.807, 2.05) is 13.0 Å². The molecule has 10 heteroatoms. The number of carbonyl (C=O) groups excluding carboxylic acids is 2. The molecule has 0 spiro atoms. The largest absolute Gasteiger partial charge is 0.497 e. The molecule has 2 aromatic carbocycles. The van der Waals surface area contributed by atoms with Gasteiger partial charge in [0.2, 0.25) is 21.8 Å². The van der Waals surface area contributed by atoms with Crippen molar-refractivity contribution in [3.63, 3.8) is 0 Å². The topological polar surface area (TPSA) is 96.0 Å². The SMILES string of the molecule is CC[C@@H](C(=O)NC1CCCCC1)N(Cc1cccc(OC)c1)C(=O)CN(c1cccc(F)c1)S(C)(=O)=O. The van der Waals surface area contributed by atoms with Crippen molar-refractivity contribution in [2.75, 3.05) is 24.2 Å². The number of amides is 2. The summed E-state index contributed by atoms with van der Waals surface area (Å²) in [4.78, 5) is 28.5. The van der Waals surface area contributed by atoms with E-state index in [9.17, 15) is 22.4 Å². The summed E-state index contributed by atoms with van der Waals surface area (Å²) in [5.41, 5.74) is 0.769. The van der Waals surface area contributed by atoms with Gasteiger partial charge in [0.25, 0.3) is 0 Å². The monoisotopic (exact) mass is 533 g/mol. The molecule has 8 nitrogen and oxygen atoms in total. The summed E-state index contributed by atoms with van der Waals surface area (Å²) in [5.74, 6) is -0.849. The fourth-order valence-electron chi connectivity index (χ4n) is 4.68. The summed E-state index contributed by atoms with van der Waals surface area (Å²) in [6.45, 7) is 1.32. The third-order valence-electron chi connectivity index (χ3n) is 6.60. The number of carbonyl (C=O) groups is 2. The van der Waals surface area contributed by atoms with E-state index in [2.05, 4.69) is 5.32 Å². The lowest BCUT2D eigenvalue weighted by Gasteiger charge is -2.34. The molecular weight excluding hydrogens is 497 g/mol. The van der Waals surface area contributed by atoms with E-state index in [0.717, 1.165) is 54.3 Å². The van der Waals surface area contributed by atoms with Crippen molar-refractivity contribution in [2.24, 2.45) is 0 Å². The predicted molar refractivity (Wildman–Crippen MR) is 141 cm³/mol. The van der Waals surface area contributed by atoms with E-state index in [0.29, 0.717) is 12.2 Å². The molecule has 0 bridgehead atoms. The van der Waals surface area contributed by atoms with Crippen molar-refractivity contribution < 1.29 is 27.1 Å². The third-order valence-corrected chi connectivity index (χ3v) is 7.74. The van der Waals surface area contributed by atoms with Gasteiger partial charge >= 0.3 is 0 Å². The van der Waals surface area contributed by atoms with E-state index in [1.165, 1.54) is 30.2 Å². The van der Waals surface area contributed by atoms with Crippen LogP contribution in [0.1, 0.15) is 51.0 Å². The summed E-state index contributed by atoms with van der Waals surface area (Å²) in [5, 5.41) is 3.10. The Kier molecular flexibility index (Phi) is 9.91. The second-order valence-electron chi connectivity index (χ2n) is 9.39. The van der Waals surface area contributed by atoms with E-state index >= 15 is 0 Å². The van der Waals surface area contributed by atoms with E-state index in [4.69, 9.17) is 4.74 Å². The van der Waals surface area contributed by atoms with Crippen LogP contribution in [0.3, 0.4) is 0 Å². The zero-order valence-electron chi connectivity index (χ0n) is 21.7. The number of sulfonamides is 1. The molecule has 2 amide bonds. The van der Waals surface area contributed by atoms with Crippen LogP contribution >= 0.6 is 0 Å². The first-order valence-electron chi connectivity index (χ1n) is 12.6. The van der Waals surface area contributed by atoms with Gasteiger partial charge in [-0.3, -0.25) is 13.9 Å². The van der Waals surface area contributed by atoms with Crippen LogP contribution in [0.2, 0.25) is 0 Å². The second kappa shape index (κ2) is 12.9. The molecule has 202 valence electrons. The second-order valence-corrected chi connectivity index (χ2v) is 11.3. The van der Waals surface area contributed by atoms with Crippen molar-refractivity contribution in [1.82, 2.24) is 10.2 Å². The van der Waals surface area contributed by atoms with Crippen LogP contribution in [0, 0.1) is 5.82 Å². The summed E-state index contributed by atoms with van der Waals surface area (Å²) in [6, 6.07) is 11.5. The fourth-order valence-corrected chi connectivity index (χ4v) is 5.52. The van der Waals surface area contributed by atoms with Gasteiger partial charge in [0, 0.05) is 12.6 Å². The van der Waals surface area contributed by atoms with Gasteiger partial charge in [-0.05, 0) is 55.2 Å². The number of rotatable bonds is 11. The standard InChI is InChI=1S/C27H36FN3O5S/c1-4-25(27(33)29-22-12-6-5-7-13-22)30(18-20-10-8-15-24(16-20)36-2)26(32)19-31(37(3,34)35)23-14-9-11-21(28)17-23/h8-11,14-17,22,25H,4-7,12-13,18-19H2,1-3H3,(H,29,33)/t25-/m0/s1. The Morgan fingerprint density at radius 2 is 1.81 bits per heavy atom. The van der Waals surface area contributed by atoms with Gasteiger partial charge in [-0.2, -0.15) is 0 Å². The van der Waals surface area contributed by atoms with Crippen LogP contribution in [0.25, 0.3) is 0 Å². The molecule has 37 heavy (non-hydrogen) atoms. The van der Waals surface area contributed by atoms with E-state index in [1.54, 1.807) is 18.2 Å². The third kappa shape index (κ3) is 7.92. The molecule has 0 aliphatic heterocycles. The molecular formula is C27H36FN3O5S. The average molecular weight is 534 g/mol. The minimum Gasteiger partial charge on any atom is -0.497 e. The summed E-state index contributed by atoms with van der Waals surface area (Å²) < 4.78 is 45.3. The smallest absolute Gasteiger partial charge is 0.244 e. The Bertz CT molecular complexity index is 1180. The maximum atomic E-state index is 13.9. The highest BCUT2D eigenvalue weighted by atomic mass is 32.2. The maximum Gasteiger partial charge on any atom is 0.244 e. The van der Waals surface area contributed by atoms with Gasteiger partial charge in [0.15, 0.2) is 0 Å². The molecule has 1 aliphatic rings.